The van der Waals surface area contributed by atoms with Crippen molar-refractivity contribution < 1.29 is 9.59 Å². The van der Waals surface area contributed by atoms with Gasteiger partial charge in [-0.3, -0.25) is 9.59 Å². The highest BCUT2D eigenvalue weighted by atomic mass is 35.5. The third kappa shape index (κ3) is 4.67. The molecular formula is C18H18ClN3O2. The minimum Gasteiger partial charge on any atom is -0.322 e. The van der Waals surface area contributed by atoms with Gasteiger partial charge in [0.15, 0.2) is 0 Å². The van der Waals surface area contributed by atoms with Gasteiger partial charge in [0.2, 0.25) is 0 Å². The predicted molar refractivity (Wildman–Crippen MR) is 96.3 cm³/mol. The van der Waals surface area contributed by atoms with Gasteiger partial charge in [0.1, 0.15) is 5.82 Å². The summed E-state index contributed by atoms with van der Waals surface area (Å²) < 4.78 is 0. The molecule has 2 aromatic rings. The van der Waals surface area contributed by atoms with Crippen LogP contribution in [0.15, 0.2) is 54.2 Å². The summed E-state index contributed by atoms with van der Waals surface area (Å²) in [6.07, 6.45) is 4.04. The fraction of sp³-hybridized carbons (Fsp3) is 0.167. The van der Waals surface area contributed by atoms with Crippen LogP contribution in [-0.2, 0) is 4.79 Å². The number of para-hydroxylation sites is 1. The monoisotopic (exact) mass is 343 g/mol. The molecule has 0 unspecified atom stereocenters. The Kier molecular flexibility index (Phi) is 6.09. The Morgan fingerprint density at radius 3 is 2.58 bits per heavy atom. The molecule has 6 heteroatoms. The predicted octanol–water partition coefficient (Wildman–Crippen LogP) is 4.28. The van der Waals surface area contributed by atoms with Crippen molar-refractivity contribution >= 4 is 34.9 Å². The summed E-state index contributed by atoms with van der Waals surface area (Å²) >= 11 is 5.78. The Bertz CT molecular complexity index is 770. The standard InChI is InChI=1S/C18H18ClN3O2/c1-3-6-12(2)17(23)21-15-8-5-4-7-14(15)18(24)22-16-10-9-13(19)11-20-16/h4-11H,3H2,1-2H3,(H,21,23)(H,20,22,24)/b12-6-. The average molecular weight is 344 g/mol. The number of nitrogens with one attached hydrogen (secondary N) is 2. The van der Waals surface area contributed by atoms with Gasteiger partial charge < -0.3 is 10.6 Å². The van der Waals surface area contributed by atoms with Crippen LogP contribution in [-0.4, -0.2) is 16.8 Å². The number of carbonyl (C=O) groups is 2. The first kappa shape index (κ1) is 17.7. The van der Waals surface area contributed by atoms with Crippen LogP contribution in [0.3, 0.4) is 0 Å². The molecule has 0 fully saturated rings. The summed E-state index contributed by atoms with van der Waals surface area (Å²) in [6, 6.07) is 10.0. The molecule has 2 amide bonds. The van der Waals surface area contributed by atoms with E-state index in [1.54, 1.807) is 43.3 Å². The van der Waals surface area contributed by atoms with Crippen LogP contribution >= 0.6 is 11.6 Å². The molecule has 0 aliphatic rings. The minimum atomic E-state index is -0.363. The van der Waals surface area contributed by atoms with E-state index in [9.17, 15) is 9.59 Å². The van der Waals surface area contributed by atoms with Crippen molar-refractivity contribution in [3.63, 3.8) is 0 Å². The van der Waals surface area contributed by atoms with Gasteiger partial charge in [-0.1, -0.05) is 36.7 Å². The first-order chi connectivity index (χ1) is 11.5. The molecule has 0 radical (unpaired) electrons. The second-order valence-corrected chi connectivity index (χ2v) is 5.55. The van der Waals surface area contributed by atoms with Gasteiger partial charge in [0.25, 0.3) is 11.8 Å². The van der Waals surface area contributed by atoms with Crippen LogP contribution in [0.5, 0.6) is 0 Å². The third-order valence-electron chi connectivity index (χ3n) is 3.26. The van der Waals surface area contributed by atoms with E-state index in [1.807, 2.05) is 13.0 Å². The molecule has 0 bridgehead atoms. The largest absolute Gasteiger partial charge is 0.322 e. The summed E-state index contributed by atoms with van der Waals surface area (Å²) in [5, 5.41) is 5.93. The minimum absolute atomic E-state index is 0.235. The highest BCUT2D eigenvalue weighted by Gasteiger charge is 2.14. The number of amides is 2. The molecule has 2 rings (SSSR count). The number of rotatable bonds is 5. The molecule has 1 aromatic heterocycles. The van der Waals surface area contributed by atoms with Gasteiger partial charge >= 0.3 is 0 Å². The molecule has 0 atom stereocenters. The number of halogens is 1. The van der Waals surface area contributed by atoms with Crippen LogP contribution in [0, 0.1) is 0 Å². The summed E-state index contributed by atoms with van der Waals surface area (Å²) in [5.41, 5.74) is 1.40. The van der Waals surface area contributed by atoms with Crippen LogP contribution in [0.25, 0.3) is 0 Å². The van der Waals surface area contributed by atoms with E-state index in [-0.39, 0.29) is 11.8 Å². The number of hydrogen-bond acceptors (Lipinski definition) is 3. The van der Waals surface area contributed by atoms with Gasteiger partial charge in [-0.25, -0.2) is 4.98 Å². The van der Waals surface area contributed by atoms with E-state index in [1.165, 1.54) is 6.20 Å². The van der Waals surface area contributed by atoms with Crippen molar-refractivity contribution in [2.45, 2.75) is 20.3 Å². The molecular weight excluding hydrogens is 326 g/mol. The lowest BCUT2D eigenvalue weighted by Gasteiger charge is -2.11. The molecule has 0 spiro atoms. The summed E-state index contributed by atoms with van der Waals surface area (Å²) in [7, 11) is 0. The third-order valence-corrected chi connectivity index (χ3v) is 3.48. The van der Waals surface area contributed by atoms with Crippen LogP contribution in [0.1, 0.15) is 30.6 Å². The Morgan fingerprint density at radius 2 is 1.92 bits per heavy atom. The lowest BCUT2D eigenvalue weighted by Crippen LogP contribution is -2.19. The summed E-state index contributed by atoms with van der Waals surface area (Å²) in [4.78, 5) is 28.6. The van der Waals surface area contributed by atoms with Crippen molar-refractivity contribution in [3.8, 4) is 0 Å². The van der Waals surface area contributed by atoms with Crippen molar-refractivity contribution in [1.82, 2.24) is 4.98 Å². The number of anilines is 2. The fourth-order valence-electron chi connectivity index (χ4n) is 2.04. The van der Waals surface area contributed by atoms with Gasteiger partial charge in [0.05, 0.1) is 16.3 Å². The second kappa shape index (κ2) is 8.26. The fourth-order valence-corrected chi connectivity index (χ4v) is 2.16. The zero-order chi connectivity index (χ0) is 17.5. The Balaban J connectivity index is 2.18. The Labute approximate surface area is 145 Å². The maximum Gasteiger partial charge on any atom is 0.258 e. The lowest BCUT2D eigenvalue weighted by molar-refractivity contribution is -0.112. The molecule has 0 aliphatic carbocycles. The summed E-state index contributed by atoms with van der Waals surface area (Å²) in [5.74, 6) is -0.216. The molecule has 24 heavy (non-hydrogen) atoms. The quantitative estimate of drug-likeness (QED) is 0.796. The zero-order valence-corrected chi connectivity index (χ0v) is 14.2. The average Bonchev–Trinajstić information content (AvgIpc) is 2.57. The number of nitrogens with zero attached hydrogens (tertiary/aromatic N) is 1. The molecule has 5 nitrogen and oxygen atoms in total. The second-order valence-electron chi connectivity index (χ2n) is 5.11. The lowest BCUT2D eigenvalue weighted by atomic mass is 10.1. The zero-order valence-electron chi connectivity index (χ0n) is 13.5. The highest BCUT2D eigenvalue weighted by molar-refractivity contribution is 6.30. The number of allylic oxidation sites excluding steroid dienone is 1. The molecule has 1 heterocycles. The van der Waals surface area contributed by atoms with Crippen molar-refractivity contribution in [2.75, 3.05) is 10.6 Å². The molecule has 0 saturated heterocycles. The van der Waals surface area contributed by atoms with Gasteiger partial charge in [-0.05, 0) is 37.6 Å². The molecule has 0 aliphatic heterocycles. The summed E-state index contributed by atoms with van der Waals surface area (Å²) in [6.45, 7) is 3.69. The van der Waals surface area contributed by atoms with E-state index in [0.717, 1.165) is 6.42 Å². The maximum absolute atomic E-state index is 12.4. The van der Waals surface area contributed by atoms with E-state index >= 15 is 0 Å². The van der Waals surface area contributed by atoms with Crippen LogP contribution in [0.2, 0.25) is 5.02 Å². The maximum atomic E-state index is 12.4. The van der Waals surface area contributed by atoms with Crippen LogP contribution < -0.4 is 10.6 Å². The number of benzene rings is 1. The Hall–Kier alpha value is -2.66. The molecule has 1 aromatic carbocycles. The van der Waals surface area contributed by atoms with Gasteiger partial charge in [-0.2, -0.15) is 0 Å². The van der Waals surface area contributed by atoms with Gasteiger partial charge in [-0.15, -0.1) is 0 Å². The van der Waals surface area contributed by atoms with E-state index in [0.29, 0.717) is 27.7 Å². The van der Waals surface area contributed by atoms with Crippen molar-refractivity contribution in [3.05, 3.63) is 64.8 Å². The number of carbonyl (C=O) groups excluding carboxylic acids is 2. The SMILES string of the molecule is CC/C=C(/C)C(=O)Nc1ccccc1C(=O)Nc1ccc(Cl)cn1. The number of pyridine rings is 1. The van der Waals surface area contributed by atoms with Crippen molar-refractivity contribution in [2.24, 2.45) is 0 Å². The smallest absolute Gasteiger partial charge is 0.258 e. The Morgan fingerprint density at radius 1 is 1.17 bits per heavy atom. The van der Waals surface area contributed by atoms with E-state index in [4.69, 9.17) is 11.6 Å². The first-order valence-corrected chi connectivity index (χ1v) is 7.89. The molecule has 2 N–H and O–H groups in total. The first-order valence-electron chi connectivity index (χ1n) is 7.51. The number of hydrogen-bond donors (Lipinski definition) is 2. The van der Waals surface area contributed by atoms with Crippen molar-refractivity contribution in [1.29, 1.82) is 0 Å². The number of aromatic nitrogens is 1. The topological polar surface area (TPSA) is 71.1 Å². The molecule has 0 saturated carbocycles. The van der Waals surface area contributed by atoms with E-state index < -0.39 is 0 Å². The van der Waals surface area contributed by atoms with E-state index in [2.05, 4.69) is 15.6 Å². The highest BCUT2D eigenvalue weighted by Crippen LogP contribution is 2.18. The molecule has 124 valence electrons. The van der Waals surface area contributed by atoms with Crippen LogP contribution in [0.4, 0.5) is 11.5 Å². The van der Waals surface area contributed by atoms with Gasteiger partial charge in [0, 0.05) is 11.8 Å². The normalized spacial score (nSPS) is 11.0.